The lowest BCUT2D eigenvalue weighted by atomic mass is 10.0. The van der Waals surface area contributed by atoms with Crippen LogP contribution in [-0.4, -0.2) is 40.2 Å². The highest BCUT2D eigenvalue weighted by molar-refractivity contribution is 5.79. The lowest BCUT2D eigenvalue weighted by Crippen LogP contribution is -2.33. The molecular weight excluding hydrogens is 244 g/mol. The number of aliphatic hydroxyl groups excluding tert-OH is 2. The number of likely N-dealkylation sites (tertiary alicyclic amines) is 1. The first-order valence-corrected chi connectivity index (χ1v) is 6.54. The molecule has 0 radical (unpaired) electrons. The number of hydrogen-bond acceptors (Lipinski definition) is 4. The normalized spacial score (nSPS) is 19.3. The summed E-state index contributed by atoms with van der Waals surface area (Å²) in [7, 11) is 0. The second-order valence-electron chi connectivity index (χ2n) is 5.02. The van der Waals surface area contributed by atoms with Gasteiger partial charge in [0.2, 0.25) is 5.91 Å². The van der Waals surface area contributed by atoms with Gasteiger partial charge in [0.1, 0.15) is 6.10 Å². The van der Waals surface area contributed by atoms with Crippen LogP contribution in [0.1, 0.15) is 30.1 Å². The summed E-state index contributed by atoms with van der Waals surface area (Å²) in [5.74, 6) is -0.919. The molecule has 104 valence electrons. The molecular formula is C14H20N2O3. The van der Waals surface area contributed by atoms with Crippen molar-refractivity contribution >= 4 is 5.91 Å². The average Bonchev–Trinajstić information content (AvgIpc) is 2.90. The average molecular weight is 264 g/mol. The van der Waals surface area contributed by atoms with Gasteiger partial charge < -0.3 is 15.9 Å². The zero-order valence-electron chi connectivity index (χ0n) is 10.8. The highest BCUT2D eigenvalue weighted by Crippen LogP contribution is 2.20. The molecule has 5 nitrogen and oxygen atoms in total. The maximum atomic E-state index is 10.9. The van der Waals surface area contributed by atoms with Crippen molar-refractivity contribution in [2.24, 2.45) is 5.73 Å². The molecule has 1 amide bonds. The van der Waals surface area contributed by atoms with Crippen LogP contribution >= 0.6 is 0 Å². The highest BCUT2D eigenvalue weighted by Gasteiger charge is 2.23. The molecule has 0 bridgehead atoms. The standard InChI is InChI=1S/C14H20N2O3/c15-14(19)13(18)12(17)11-5-3-4-10(8-11)9-16-6-1-2-7-16/h3-5,8,12-13,17-18H,1-2,6-7,9H2,(H2,15,19). The number of carbonyl (C=O) groups excluding carboxylic acids is 1. The van der Waals surface area contributed by atoms with Crippen molar-refractivity contribution in [3.63, 3.8) is 0 Å². The summed E-state index contributed by atoms with van der Waals surface area (Å²) < 4.78 is 0. The van der Waals surface area contributed by atoms with Gasteiger partial charge in [-0.2, -0.15) is 0 Å². The second-order valence-corrected chi connectivity index (χ2v) is 5.02. The Balaban J connectivity index is 2.07. The molecule has 4 N–H and O–H groups in total. The Hall–Kier alpha value is -1.43. The topological polar surface area (TPSA) is 86.8 Å². The molecule has 1 aromatic rings. The summed E-state index contributed by atoms with van der Waals surface area (Å²) in [6.07, 6.45) is -0.385. The predicted molar refractivity (Wildman–Crippen MR) is 71.1 cm³/mol. The van der Waals surface area contributed by atoms with Gasteiger partial charge in [-0.25, -0.2) is 0 Å². The fourth-order valence-electron chi connectivity index (χ4n) is 2.41. The number of amides is 1. The summed E-state index contributed by atoms with van der Waals surface area (Å²) in [6, 6.07) is 7.29. The summed E-state index contributed by atoms with van der Waals surface area (Å²) in [4.78, 5) is 13.2. The summed E-state index contributed by atoms with van der Waals surface area (Å²) in [6.45, 7) is 3.01. The van der Waals surface area contributed by atoms with E-state index in [1.165, 1.54) is 12.8 Å². The van der Waals surface area contributed by atoms with Crippen LogP contribution in [0.5, 0.6) is 0 Å². The van der Waals surface area contributed by atoms with Crippen molar-refractivity contribution in [3.8, 4) is 0 Å². The smallest absolute Gasteiger partial charge is 0.249 e. The van der Waals surface area contributed by atoms with E-state index >= 15 is 0 Å². The van der Waals surface area contributed by atoms with Gasteiger partial charge >= 0.3 is 0 Å². The lowest BCUT2D eigenvalue weighted by Gasteiger charge is -2.18. The molecule has 1 aliphatic heterocycles. The fraction of sp³-hybridized carbons (Fsp3) is 0.500. The van der Waals surface area contributed by atoms with Crippen LogP contribution in [0.15, 0.2) is 24.3 Å². The molecule has 0 aliphatic carbocycles. The maximum absolute atomic E-state index is 10.9. The minimum atomic E-state index is -1.57. The fourth-order valence-corrected chi connectivity index (χ4v) is 2.41. The molecule has 1 aliphatic rings. The molecule has 0 aromatic heterocycles. The van der Waals surface area contributed by atoms with Gasteiger partial charge in [0, 0.05) is 6.54 Å². The number of nitrogens with two attached hydrogens (primary N) is 1. The molecule has 0 spiro atoms. The lowest BCUT2D eigenvalue weighted by molar-refractivity contribution is -0.131. The largest absolute Gasteiger partial charge is 0.385 e. The van der Waals surface area contributed by atoms with Crippen LogP contribution in [0.25, 0.3) is 0 Å². The van der Waals surface area contributed by atoms with E-state index in [0.717, 1.165) is 25.2 Å². The zero-order chi connectivity index (χ0) is 13.8. The number of aliphatic hydroxyl groups is 2. The molecule has 5 heteroatoms. The second kappa shape index (κ2) is 6.14. The molecule has 2 unspecified atom stereocenters. The molecule has 19 heavy (non-hydrogen) atoms. The minimum absolute atomic E-state index is 0.517. The van der Waals surface area contributed by atoms with Crippen LogP contribution in [0.3, 0.4) is 0 Å². The van der Waals surface area contributed by atoms with Crippen molar-refractivity contribution in [2.75, 3.05) is 13.1 Å². The first-order chi connectivity index (χ1) is 9.08. The van der Waals surface area contributed by atoms with Crippen molar-refractivity contribution in [2.45, 2.75) is 31.6 Å². The number of hydrogen-bond donors (Lipinski definition) is 3. The summed E-state index contributed by atoms with van der Waals surface area (Å²) >= 11 is 0. The van der Waals surface area contributed by atoms with Crippen LogP contribution < -0.4 is 5.73 Å². The van der Waals surface area contributed by atoms with E-state index in [1.54, 1.807) is 6.07 Å². The molecule has 2 rings (SSSR count). The summed E-state index contributed by atoms with van der Waals surface area (Å²) in [5, 5.41) is 19.4. The SMILES string of the molecule is NC(=O)C(O)C(O)c1cccc(CN2CCCC2)c1. The van der Waals surface area contributed by atoms with Gasteiger partial charge in [-0.15, -0.1) is 0 Å². The predicted octanol–water partition coefficient (Wildman–Crippen LogP) is 0.162. The number of rotatable bonds is 5. The number of benzene rings is 1. The quantitative estimate of drug-likeness (QED) is 0.707. The maximum Gasteiger partial charge on any atom is 0.249 e. The van der Waals surface area contributed by atoms with E-state index in [4.69, 9.17) is 5.73 Å². The third-order valence-electron chi connectivity index (χ3n) is 3.49. The van der Waals surface area contributed by atoms with Crippen LogP contribution in [0.2, 0.25) is 0 Å². The van der Waals surface area contributed by atoms with E-state index in [-0.39, 0.29) is 0 Å². The van der Waals surface area contributed by atoms with E-state index in [2.05, 4.69) is 4.90 Å². The molecule has 1 aromatic carbocycles. The third-order valence-corrected chi connectivity index (χ3v) is 3.49. The monoisotopic (exact) mass is 264 g/mol. The number of nitrogens with zero attached hydrogens (tertiary/aromatic N) is 1. The van der Waals surface area contributed by atoms with E-state index in [0.29, 0.717) is 5.56 Å². The van der Waals surface area contributed by atoms with Gasteiger partial charge in [-0.1, -0.05) is 24.3 Å². The highest BCUT2D eigenvalue weighted by atomic mass is 16.3. The number of carbonyl (C=O) groups is 1. The van der Waals surface area contributed by atoms with E-state index < -0.39 is 18.1 Å². The van der Waals surface area contributed by atoms with Crippen molar-refractivity contribution in [3.05, 3.63) is 35.4 Å². The van der Waals surface area contributed by atoms with Crippen LogP contribution in [-0.2, 0) is 11.3 Å². The Labute approximate surface area is 112 Å². The molecule has 1 heterocycles. The first-order valence-electron chi connectivity index (χ1n) is 6.54. The van der Waals surface area contributed by atoms with Gasteiger partial charge in [0.25, 0.3) is 0 Å². The van der Waals surface area contributed by atoms with Gasteiger partial charge in [0.15, 0.2) is 6.10 Å². The Morgan fingerprint density at radius 1 is 1.32 bits per heavy atom. The number of primary amides is 1. The Kier molecular flexibility index (Phi) is 4.52. The van der Waals surface area contributed by atoms with E-state index in [1.807, 2.05) is 18.2 Å². The molecule has 1 saturated heterocycles. The van der Waals surface area contributed by atoms with E-state index in [9.17, 15) is 15.0 Å². The van der Waals surface area contributed by atoms with Crippen LogP contribution in [0.4, 0.5) is 0 Å². The Morgan fingerprint density at radius 2 is 2.00 bits per heavy atom. The van der Waals surface area contributed by atoms with Gasteiger partial charge in [-0.05, 0) is 37.1 Å². The van der Waals surface area contributed by atoms with Crippen molar-refractivity contribution in [1.29, 1.82) is 0 Å². The Morgan fingerprint density at radius 3 is 2.63 bits per heavy atom. The molecule has 1 fully saturated rings. The van der Waals surface area contributed by atoms with Crippen LogP contribution in [0, 0.1) is 0 Å². The summed E-state index contributed by atoms with van der Waals surface area (Å²) in [5.41, 5.74) is 6.57. The third kappa shape index (κ3) is 3.53. The van der Waals surface area contributed by atoms with Crippen molar-refractivity contribution in [1.82, 2.24) is 4.90 Å². The minimum Gasteiger partial charge on any atom is -0.385 e. The van der Waals surface area contributed by atoms with Crippen molar-refractivity contribution < 1.29 is 15.0 Å². The Bertz CT molecular complexity index is 444. The van der Waals surface area contributed by atoms with Gasteiger partial charge in [-0.3, -0.25) is 9.69 Å². The first kappa shape index (κ1) is 14.0. The van der Waals surface area contributed by atoms with Gasteiger partial charge in [0.05, 0.1) is 0 Å². The zero-order valence-corrected chi connectivity index (χ0v) is 10.8. The molecule has 2 atom stereocenters. The molecule has 0 saturated carbocycles.